The Balaban J connectivity index is 1.47. The predicted molar refractivity (Wildman–Crippen MR) is 107 cm³/mol. The van der Waals surface area contributed by atoms with Crippen molar-refractivity contribution in [3.8, 4) is 5.95 Å². The number of rotatable bonds is 7. The van der Waals surface area contributed by atoms with Crippen molar-refractivity contribution in [1.82, 2.24) is 29.5 Å². The number of carboxylic acid groups (broad SMARTS) is 1. The Kier molecular flexibility index (Phi) is 5.13. The lowest BCUT2D eigenvalue weighted by Gasteiger charge is -2.05. The first-order chi connectivity index (χ1) is 14.0. The molecule has 3 aromatic heterocycles. The summed E-state index contributed by atoms with van der Waals surface area (Å²) in [5, 5.41) is 17.9. The summed E-state index contributed by atoms with van der Waals surface area (Å²) in [7, 11) is 0. The molecule has 1 aromatic carbocycles. The lowest BCUT2D eigenvalue weighted by Crippen LogP contribution is -2.17. The number of fused-ring (bicyclic) bond motifs is 1. The summed E-state index contributed by atoms with van der Waals surface area (Å²) >= 11 is 5.89. The zero-order valence-electron chi connectivity index (χ0n) is 15.2. The van der Waals surface area contributed by atoms with Gasteiger partial charge < -0.3 is 5.11 Å². The summed E-state index contributed by atoms with van der Waals surface area (Å²) in [6, 6.07) is 7.76. The van der Waals surface area contributed by atoms with Crippen LogP contribution >= 0.6 is 11.6 Å². The molecule has 4 rings (SSSR count). The molecule has 10 heteroatoms. The van der Waals surface area contributed by atoms with Gasteiger partial charge in [0.15, 0.2) is 5.52 Å². The van der Waals surface area contributed by atoms with Crippen LogP contribution in [0.25, 0.3) is 17.0 Å². The number of aromatic amines is 1. The molecule has 0 spiro atoms. The number of aromatic carboxylic acids is 1. The fourth-order valence-corrected chi connectivity index (χ4v) is 3.19. The summed E-state index contributed by atoms with van der Waals surface area (Å²) in [4.78, 5) is 30.5. The summed E-state index contributed by atoms with van der Waals surface area (Å²) in [5.74, 6) is -0.969. The van der Waals surface area contributed by atoms with E-state index in [0.29, 0.717) is 17.6 Å². The first kappa shape index (κ1) is 18.9. The van der Waals surface area contributed by atoms with E-state index < -0.39 is 5.97 Å². The molecule has 4 aromatic rings. The number of nitrogens with zero attached hydrogens (tertiary/aromatic N) is 5. The van der Waals surface area contributed by atoms with E-state index in [4.69, 9.17) is 16.7 Å². The molecule has 0 unspecified atom stereocenters. The van der Waals surface area contributed by atoms with Gasteiger partial charge in [-0.1, -0.05) is 23.7 Å². The Hall–Kier alpha value is -3.46. The van der Waals surface area contributed by atoms with Crippen LogP contribution in [0.2, 0.25) is 5.02 Å². The van der Waals surface area contributed by atoms with E-state index in [1.807, 2.05) is 24.3 Å². The van der Waals surface area contributed by atoms with Crippen LogP contribution in [0.4, 0.5) is 0 Å². The molecule has 0 aliphatic rings. The summed E-state index contributed by atoms with van der Waals surface area (Å²) < 4.78 is 2.85. The number of aromatic nitrogens is 6. The second-order valence-electron chi connectivity index (χ2n) is 6.55. The number of hydrogen-bond acceptors (Lipinski definition) is 5. The van der Waals surface area contributed by atoms with Gasteiger partial charge in [0.05, 0.1) is 18.0 Å². The number of benzene rings is 1. The van der Waals surface area contributed by atoms with E-state index in [1.54, 1.807) is 4.68 Å². The number of nitrogens with one attached hydrogen (secondary N) is 1. The average Bonchev–Trinajstić information content (AvgIpc) is 3.34. The number of aryl methyl sites for hydroxylation is 2. The molecular weight excluding hydrogens is 396 g/mol. The van der Waals surface area contributed by atoms with Crippen molar-refractivity contribution in [1.29, 1.82) is 0 Å². The molecule has 3 heterocycles. The number of H-pyrrole nitrogens is 1. The quantitative estimate of drug-likeness (QED) is 0.450. The van der Waals surface area contributed by atoms with E-state index in [1.165, 1.54) is 28.8 Å². The molecule has 9 nitrogen and oxygen atoms in total. The second-order valence-corrected chi connectivity index (χ2v) is 6.99. The minimum absolute atomic E-state index is 0.00382. The van der Waals surface area contributed by atoms with Crippen LogP contribution in [-0.2, 0) is 13.0 Å². The van der Waals surface area contributed by atoms with Gasteiger partial charge in [-0.05, 0) is 37.0 Å². The van der Waals surface area contributed by atoms with Crippen molar-refractivity contribution in [3.63, 3.8) is 0 Å². The molecular formula is C19H17ClN6O3. The van der Waals surface area contributed by atoms with Gasteiger partial charge in [-0.15, -0.1) is 0 Å². The van der Waals surface area contributed by atoms with Crippen LogP contribution in [0.1, 0.15) is 28.8 Å². The zero-order chi connectivity index (χ0) is 20.4. The second kappa shape index (κ2) is 7.88. The number of unbranched alkanes of at least 4 members (excludes halogenated alkanes) is 1. The lowest BCUT2D eigenvalue weighted by atomic mass is 10.1. The van der Waals surface area contributed by atoms with Crippen LogP contribution in [0.15, 0.2) is 47.7 Å². The topological polar surface area (TPSA) is 119 Å². The molecule has 29 heavy (non-hydrogen) atoms. The lowest BCUT2D eigenvalue weighted by molar-refractivity contribution is 0.0697. The monoisotopic (exact) mass is 412 g/mol. The molecule has 0 aliphatic carbocycles. The molecule has 0 amide bonds. The molecule has 0 bridgehead atoms. The number of carbonyl (C=O) groups is 1. The number of carboxylic acids is 1. The molecule has 0 saturated carbocycles. The standard InChI is InChI=1S/C19H17ClN6O3/c20-14-6-4-12(5-7-14)3-1-2-8-25-16-15(10-22-25)23-19(24-17(16)27)26-11-13(9-21-26)18(28)29/h4-7,9-11H,1-3,8H2,(H,28,29)(H,23,24,27). The molecule has 0 fully saturated rings. The number of halogens is 1. The van der Waals surface area contributed by atoms with Crippen molar-refractivity contribution in [2.75, 3.05) is 0 Å². The fourth-order valence-electron chi connectivity index (χ4n) is 3.06. The molecule has 0 saturated heterocycles. The zero-order valence-corrected chi connectivity index (χ0v) is 16.0. The maximum absolute atomic E-state index is 12.6. The molecule has 0 atom stereocenters. The first-order valence-electron chi connectivity index (χ1n) is 9.00. The van der Waals surface area contributed by atoms with Crippen LogP contribution in [-0.4, -0.2) is 40.6 Å². The maximum atomic E-state index is 12.6. The van der Waals surface area contributed by atoms with Gasteiger partial charge in [0, 0.05) is 17.8 Å². The smallest absolute Gasteiger partial charge is 0.338 e. The fraction of sp³-hybridized carbons (Fsp3) is 0.211. The highest BCUT2D eigenvalue weighted by molar-refractivity contribution is 6.30. The van der Waals surface area contributed by atoms with Gasteiger partial charge in [0.25, 0.3) is 5.56 Å². The summed E-state index contributed by atoms with van der Waals surface area (Å²) in [5.41, 5.74) is 1.67. The largest absolute Gasteiger partial charge is 0.478 e. The van der Waals surface area contributed by atoms with Crippen molar-refractivity contribution >= 4 is 28.6 Å². The van der Waals surface area contributed by atoms with E-state index in [9.17, 15) is 9.59 Å². The van der Waals surface area contributed by atoms with Crippen molar-refractivity contribution < 1.29 is 9.90 Å². The third-order valence-electron chi connectivity index (χ3n) is 4.53. The predicted octanol–water partition coefficient (Wildman–Crippen LogP) is 2.68. The normalized spacial score (nSPS) is 11.2. The van der Waals surface area contributed by atoms with Crippen molar-refractivity contribution in [3.05, 3.63) is 69.4 Å². The van der Waals surface area contributed by atoms with Crippen LogP contribution in [0.5, 0.6) is 0 Å². The van der Waals surface area contributed by atoms with E-state index in [0.717, 1.165) is 24.3 Å². The van der Waals surface area contributed by atoms with Crippen LogP contribution in [0, 0.1) is 0 Å². The van der Waals surface area contributed by atoms with Gasteiger partial charge in [-0.2, -0.15) is 10.2 Å². The minimum Gasteiger partial charge on any atom is -0.478 e. The van der Waals surface area contributed by atoms with Crippen molar-refractivity contribution in [2.24, 2.45) is 0 Å². The highest BCUT2D eigenvalue weighted by Gasteiger charge is 2.13. The third kappa shape index (κ3) is 4.04. The Morgan fingerprint density at radius 3 is 2.66 bits per heavy atom. The Bertz CT molecular complexity index is 1220. The van der Waals surface area contributed by atoms with E-state index in [2.05, 4.69) is 20.2 Å². The van der Waals surface area contributed by atoms with Gasteiger partial charge in [-0.25, -0.2) is 14.5 Å². The Labute approximate surface area is 169 Å². The maximum Gasteiger partial charge on any atom is 0.338 e. The molecule has 0 radical (unpaired) electrons. The SMILES string of the molecule is O=C(O)c1cnn(-c2nc3cnn(CCCCc4ccc(Cl)cc4)c3c(=O)[nH]2)c1. The Morgan fingerprint density at radius 2 is 1.93 bits per heavy atom. The van der Waals surface area contributed by atoms with Crippen LogP contribution < -0.4 is 5.56 Å². The highest BCUT2D eigenvalue weighted by Crippen LogP contribution is 2.13. The molecule has 0 aliphatic heterocycles. The van der Waals surface area contributed by atoms with Crippen molar-refractivity contribution in [2.45, 2.75) is 25.8 Å². The van der Waals surface area contributed by atoms with Crippen LogP contribution in [0.3, 0.4) is 0 Å². The van der Waals surface area contributed by atoms with E-state index >= 15 is 0 Å². The van der Waals surface area contributed by atoms with E-state index in [-0.39, 0.29) is 17.1 Å². The third-order valence-corrected chi connectivity index (χ3v) is 4.78. The average molecular weight is 413 g/mol. The number of hydrogen-bond donors (Lipinski definition) is 2. The van der Waals surface area contributed by atoms with Gasteiger partial charge in [0.1, 0.15) is 5.52 Å². The molecule has 148 valence electrons. The van der Waals surface area contributed by atoms with Gasteiger partial charge in [0.2, 0.25) is 5.95 Å². The minimum atomic E-state index is -1.11. The van der Waals surface area contributed by atoms with Gasteiger partial charge >= 0.3 is 5.97 Å². The molecule has 2 N–H and O–H groups in total. The Morgan fingerprint density at radius 1 is 1.14 bits per heavy atom. The summed E-state index contributed by atoms with van der Waals surface area (Å²) in [6.07, 6.45) is 6.71. The van der Waals surface area contributed by atoms with Gasteiger partial charge in [-0.3, -0.25) is 14.5 Å². The highest BCUT2D eigenvalue weighted by atomic mass is 35.5. The first-order valence-corrected chi connectivity index (χ1v) is 9.37. The summed E-state index contributed by atoms with van der Waals surface area (Å²) in [6.45, 7) is 0.589.